The van der Waals surface area contributed by atoms with Crippen molar-refractivity contribution in [3.63, 3.8) is 0 Å². The summed E-state index contributed by atoms with van der Waals surface area (Å²) in [6.45, 7) is 1.76. The lowest BCUT2D eigenvalue weighted by Gasteiger charge is -2.16. The van der Waals surface area contributed by atoms with E-state index in [2.05, 4.69) is 0 Å². The first kappa shape index (κ1) is 17.1. The van der Waals surface area contributed by atoms with Crippen LogP contribution in [0.1, 0.15) is 41.2 Å². The lowest BCUT2D eigenvalue weighted by Crippen LogP contribution is -2.11. The van der Waals surface area contributed by atoms with Gasteiger partial charge in [-0.05, 0) is 23.6 Å². The summed E-state index contributed by atoms with van der Waals surface area (Å²) < 4.78 is 4.93. The van der Waals surface area contributed by atoms with Gasteiger partial charge < -0.3 is 9.84 Å². The van der Waals surface area contributed by atoms with Gasteiger partial charge in [0.25, 0.3) is 0 Å². The lowest BCUT2D eigenvalue weighted by atomic mass is 9.87. The summed E-state index contributed by atoms with van der Waals surface area (Å²) in [5.74, 6) is -0.387. The molecule has 23 heavy (non-hydrogen) atoms. The van der Waals surface area contributed by atoms with Crippen molar-refractivity contribution >= 4 is 12.1 Å². The number of carbonyl (C=O) groups excluding carboxylic acids is 2. The number of hydrogen-bond acceptors (Lipinski definition) is 4. The van der Waals surface area contributed by atoms with E-state index in [1.165, 1.54) is 14.0 Å². The molecular formula is C19H19O4. The number of aliphatic hydroxyl groups is 1. The molecule has 1 radical (unpaired) electrons. The summed E-state index contributed by atoms with van der Waals surface area (Å²) in [5, 5.41) is 9.91. The van der Waals surface area contributed by atoms with Gasteiger partial charge in [0.05, 0.1) is 12.5 Å². The standard InChI is InChI=1S/C19H19O4/c1-13(21)19(16-5-3-14(11-20)4-6-16)17-9-7-15(8-10-17)18(22)12-23-2/h3-10,18-19,22H,12H2,1-2H3/t18-,19?/m1/s1. The smallest absolute Gasteiger partial charge is 0.233 e. The quantitative estimate of drug-likeness (QED) is 0.853. The molecule has 2 atom stereocenters. The fourth-order valence-electron chi connectivity index (χ4n) is 2.57. The van der Waals surface area contributed by atoms with Crippen molar-refractivity contribution < 1.29 is 19.4 Å². The molecule has 0 spiro atoms. The summed E-state index contributed by atoms with van der Waals surface area (Å²) in [6.07, 6.45) is 1.13. The average molecular weight is 311 g/mol. The molecule has 0 aliphatic heterocycles. The summed E-state index contributed by atoms with van der Waals surface area (Å²) in [7, 11) is 1.53. The Hall–Kier alpha value is -2.30. The molecule has 0 amide bonds. The van der Waals surface area contributed by atoms with Gasteiger partial charge in [-0.3, -0.25) is 9.59 Å². The monoisotopic (exact) mass is 311 g/mol. The summed E-state index contributed by atoms with van der Waals surface area (Å²) in [6, 6.07) is 14.1. The third kappa shape index (κ3) is 4.12. The van der Waals surface area contributed by atoms with Crippen LogP contribution in [-0.4, -0.2) is 30.9 Å². The molecule has 0 aliphatic carbocycles. The third-order valence-electron chi connectivity index (χ3n) is 3.75. The number of ketones is 1. The molecule has 0 aromatic heterocycles. The van der Waals surface area contributed by atoms with Crippen LogP contribution in [0.25, 0.3) is 0 Å². The number of ether oxygens (including phenoxy) is 1. The molecule has 2 rings (SSSR count). The van der Waals surface area contributed by atoms with Gasteiger partial charge in [0.1, 0.15) is 11.9 Å². The van der Waals surface area contributed by atoms with E-state index in [-0.39, 0.29) is 12.4 Å². The number of hydrogen-bond donors (Lipinski definition) is 1. The molecule has 0 fully saturated rings. The van der Waals surface area contributed by atoms with Crippen LogP contribution in [0.5, 0.6) is 0 Å². The SMILES string of the molecule is COC[C@@H](O)c1ccc(C(C(C)=O)c2ccc([C]=O)cc2)cc1. The Labute approximate surface area is 135 Å². The molecule has 0 saturated carbocycles. The van der Waals surface area contributed by atoms with E-state index in [0.29, 0.717) is 5.56 Å². The molecule has 0 heterocycles. The third-order valence-corrected chi connectivity index (χ3v) is 3.75. The predicted octanol–water partition coefficient (Wildman–Crippen LogP) is 2.55. The van der Waals surface area contributed by atoms with E-state index < -0.39 is 12.0 Å². The second kappa shape index (κ2) is 7.81. The lowest BCUT2D eigenvalue weighted by molar-refractivity contribution is -0.117. The Balaban J connectivity index is 2.30. The van der Waals surface area contributed by atoms with Gasteiger partial charge in [0.15, 0.2) is 0 Å². The van der Waals surface area contributed by atoms with Crippen LogP contribution in [0.4, 0.5) is 0 Å². The maximum atomic E-state index is 12.1. The molecule has 2 aromatic rings. The van der Waals surface area contributed by atoms with Crippen molar-refractivity contribution in [3.05, 3.63) is 70.8 Å². The van der Waals surface area contributed by atoms with Gasteiger partial charge in [0, 0.05) is 12.7 Å². The summed E-state index contributed by atoms with van der Waals surface area (Å²) in [4.78, 5) is 22.7. The molecule has 119 valence electrons. The second-order valence-electron chi connectivity index (χ2n) is 5.41. The number of benzene rings is 2. The van der Waals surface area contributed by atoms with Gasteiger partial charge in [0.2, 0.25) is 6.29 Å². The molecule has 0 aliphatic rings. The van der Waals surface area contributed by atoms with Crippen LogP contribution in [0.15, 0.2) is 48.5 Å². The fraction of sp³-hybridized carbons (Fsp3) is 0.263. The summed E-state index contributed by atoms with van der Waals surface area (Å²) in [5.41, 5.74) is 2.85. The molecular weight excluding hydrogens is 292 g/mol. The Bertz CT molecular complexity index is 659. The van der Waals surface area contributed by atoms with E-state index in [0.717, 1.165) is 16.7 Å². The highest BCUT2D eigenvalue weighted by atomic mass is 16.5. The molecule has 1 unspecified atom stereocenters. The zero-order chi connectivity index (χ0) is 16.8. The van der Waals surface area contributed by atoms with E-state index in [9.17, 15) is 14.7 Å². The van der Waals surface area contributed by atoms with Crippen molar-refractivity contribution in [1.82, 2.24) is 0 Å². The predicted molar refractivity (Wildman–Crippen MR) is 87.0 cm³/mol. The van der Waals surface area contributed by atoms with E-state index in [1.807, 2.05) is 18.4 Å². The van der Waals surface area contributed by atoms with Gasteiger partial charge in [-0.25, -0.2) is 0 Å². The van der Waals surface area contributed by atoms with Gasteiger partial charge >= 0.3 is 0 Å². The Kier molecular flexibility index (Phi) is 5.79. The Morgan fingerprint density at radius 1 is 1.04 bits per heavy atom. The highest BCUT2D eigenvalue weighted by Gasteiger charge is 2.19. The number of rotatable bonds is 7. The highest BCUT2D eigenvalue weighted by Crippen LogP contribution is 2.27. The maximum Gasteiger partial charge on any atom is 0.233 e. The maximum absolute atomic E-state index is 12.1. The zero-order valence-electron chi connectivity index (χ0n) is 13.2. The largest absolute Gasteiger partial charge is 0.386 e. The summed E-state index contributed by atoms with van der Waals surface area (Å²) >= 11 is 0. The number of methoxy groups -OCH3 is 1. The van der Waals surface area contributed by atoms with E-state index >= 15 is 0 Å². The topological polar surface area (TPSA) is 63.6 Å². The first-order chi connectivity index (χ1) is 11.1. The van der Waals surface area contributed by atoms with Crippen molar-refractivity contribution in [2.24, 2.45) is 0 Å². The fourth-order valence-corrected chi connectivity index (χ4v) is 2.57. The number of aliphatic hydroxyl groups excluding tert-OH is 1. The second-order valence-corrected chi connectivity index (χ2v) is 5.41. The minimum absolute atomic E-state index is 0.0121. The van der Waals surface area contributed by atoms with Crippen LogP contribution in [-0.2, 0) is 14.3 Å². The molecule has 4 heteroatoms. The first-order valence-electron chi connectivity index (χ1n) is 7.32. The highest BCUT2D eigenvalue weighted by molar-refractivity contribution is 5.87. The van der Waals surface area contributed by atoms with Crippen molar-refractivity contribution in [3.8, 4) is 0 Å². The van der Waals surface area contributed by atoms with E-state index in [4.69, 9.17) is 4.74 Å². The van der Waals surface area contributed by atoms with Crippen molar-refractivity contribution in [2.75, 3.05) is 13.7 Å². The normalized spacial score (nSPS) is 13.3. The average Bonchev–Trinajstić information content (AvgIpc) is 2.56. The van der Waals surface area contributed by atoms with E-state index in [1.54, 1.807) is 36.4 Å². The minimum atomic E-state index is -0.688. The molecule has 1 N–H and O–H groups in total. The van der Waals surface area contributed by atoms with Crippen molar-refractivity contribution in [2.45, 2.75) is 18.9 Å². The first-order valence-corrected chi connectivity index (χ1v) is 7.32. The van der Waals surface area contributed by atoms with Crippen LogP contribution >= 0.6 is 0 Å². The van der Waals surface area contributed by atoms with Crippen LogP contribution in [0.3, 0.4) is 0 Å². The van der Waals surface area contributed by atoms with Crippen molar-refractivity contribution in [1.29, 1.82) is 0 Å². The van der Waals surface area contributed by atoms with Crippen LogP contribution in [0, 0.1) is 0 Å². The molecule has 2 aromatic carbocycles. The number of Topliss-reactive ketones (excluding diaryl/α,β-unsaturated/α-hetero) is 1. The van der Waals surface area contributed by atoms with Gasteiger partial charge in [-0.1, -0.05) is 48.5 Å². The Morgan fingerprint density at radius 2 is 1.52 bits per heavy atom. The molecule has 0 saturated heterocycles. The number of carbonyl (C=O) groups is 1. The minimum Gasteiger partial charge on any atom is -0.386 e. The van der Waals surface area contributed by atoms with Gasteiger partial charge in [-0.15, -0.1) is 0 Å². The molecule has 4 nitrogen and oxygen atoms in total. The zero-order valence-corrected chi connectivity index (χ0v) is 13.2. The van der Waals surface area contributed by atoms with Crippen LogP contribution in [0.2, 0.25) is 0 Å². The molecule has 0 bridgehead atoms. The Morgan fingerprint density at radius 3 is 1.96 bits per heavy atom. The van der Waals surface area contributed by atoms with Gasteiger partial charge in [-0.2, -0.15) is 0 Å². The van der Waals surface area contributed by atoms with Crippen LogP contribution < -0.4 is 0 Å².